The van der Waals surface area contributed by atoms with Gasteiger partial charge in [0.15, 0.2) is 0 Å². The Morgan fingerprint density at radius 1 is 1.19 bits per heavy atom. The van der Waals surface area contributed by atoms with Crippen LogP contribution in [-0.4, -0.2) is 18.9 Å². The number of nitrogens with two attached hydrogens (primary N) is 1. The third kappa shape index (κ3) is 4.30. The highest BCUT2D eigenvalue weighted by atomic mass is 19.1. The highest BCUT2D eigenvalue weighted by molar-refractivity contribution is 5.93. The van der Waals surface area contributed by atoms with Gasteiger partial charge in [-0.1, -0.05) is 32.0 Å². The van der Waals surface area contributed by atoms with Crippen molar-refractivity contribution in [1.29, 1.82) is 0 Å². The predicted octanol–water partition coefficient (Wildman–Crippen LogP) is 4.73. The van der Waals surface area contributed by atoms with E-state index in [0.717, 1.165) is 27.6 Å². The molecule has 1 heterocycles. The van der Waals surface area contributed by atoms with Crippen LogP contribution in [0.2, 0.25) is 0 Å². The van der Waals surface area contributed by atoms with E-state index < -0.39 is 12.7 Å². The van der Waals surface area contributed by atoms with Gasteiger partial charge in [-0.05, 0) is 41.0 Å². The molecule has 0 saturated heterocycles. The minimum Gasteiger partial charge on any atom is -0.458 e. The fraction of sp³-hybridized carbons (Fsp3) is 0.333. The standard InChI is InChI=1S/C19H20FNO3.C2H6/c1-23-11-16-8-15-5-12(10-22)6-17(19(15)24-16)13-3-2-4-14(7-13)18(21)9-20;1-2/h2-8,18,22H,9-11,21H2,1H3;1-2H3. The van der Waals surface area contributed by atoms with Gasteiger partial charge in [-0.25, -0.2) is 4.39 Å². The minimum atomic E-state index is -0.651. The highest BCUT2D eigenvalue weighted by Crippen LogP contribution is 2.34. The second-order valence-corrected chi connectivity index (χ2v) is 5.75. The molecule has 0 amide bonds. The molecule has 3 aromatic rings. The molecule has 26 heavy (non-hydrogen) atoms. The fourth-order valence-electron chi connectivity index (χ4n) is 2.81. The van der Waals surface area contributed by atoms with Crippen LogP contribution < -0.4 is 5.73 Å². The number of aliphatic hydroxyl groups excluding tert-OH is 1. The molecule has 0 spiro atoms. The Labute approximate surface area is 153 Å². The summed E-state index contributed by atoms with van der Waals surface area (Å²) in [5, 5.41) is 10.4. The van der Waals surface area contributed by atoms with Crippen molar-refractivity contribution in [2.75, 3.05) is 13.8 Å². The van der Waals surface area contributed by atoms with Crippen LogP contribution >= 0.6 is 0 Å². The molecule has 0 aliphatic rings. The third-order valence-electron chi connectivity index (χ3n) is 3.99. The van der Waals surface area contributed by atoms with E-state index in [1.54, 1.807) is 13.2 Å². The molecule has 5 heteroatoms. The number of furan rings is 1. The Kier molecular flexibility index (Phi) is 7.33. The smallest absolute Gasteiger partial charge is 0.142 e. The lowest BCUT2D eigenvalue weighted by atomic mass is 9.97. The summed E-state index contributed by atoms with van der Waals surface area (Å²) in [5.74, 6) is 0.709. The zero-order chi connectivity index (χ0) is 19.1. The third-order valence-corrected chi connectivity index (χ3v) is 3.99. The van der Waals surface area contributed by atoms with Crippen LogP contribution in [0.4, 0.5) is 4.39 Å². The second kappa shape index (κ2) is 9.48. The van der Waals surface area contributed by atoms with E-state index in [9.17, 15) is 9.50 Å². The van der Waals surface area contributed by atoms with Crippen molar-refractivity contribution in [1.82, 2.24) is 0 Å². The van der Waals surface area contributed by atoms with Crippen LogP contribution in [0.5, 0.6) is 0 Å². The van der Waals surface area contributed by atoms with Gasteiger partial charge < -0.3 is 20.0 Å². The lowest BCUT2D eigenvalue weighted by molar-refractivity contribution is 0.166. The van der Waals surface area contributed by atoms with E-state index in [4.69, 9.17) is 14.9 Å². The maximum Gasteiger partial charge on any atom is 0.142 e. The van der Waals surface area contributed by atoms with Crippen molar-refractivity contribution in [2.45, 2.75) is 33.1 Å². The van der Waals surface area contributed by atoms with Gasteiger partial charge in [0, 0.05) is 18.1 Å². The second-order valence-electron chi connectivity index (χ2n) is 5.75. The van der Waals surface area contributed by atoms with Gasteiger partial charge in [-0.3, -0.25) is 0 Å². The Morgan fingerprint density at radius 3 is 2.62 bits per heavy atom. The van der Waals surface area contributed by atoms with E-state index >= 15 is 0 Å². The van der Waals surface area contributed by atoms with Crippen molar-refractivity contribution >= 4 is 11.0 Å². The molecule has 1 unspecified atom stereocenters. The van der Waals surface area contributed by atoms with Gasteiger partial charge in [0.1, 0.15) is 24.6 Å². The monoisotopic (exact) mass is 359 g/mol. The van der Waals surface area contributed by atoms with E-state index in [2.05, 4.69) is 0 Å². The molecule has 0 aliphatic carbocycles. The summed E-state index contributed by atoms with van der Waals surface area (Å²) in [7, 11) is 1.61. The number of fused-ring (bicyclic) bond motifs is 1. The van der Waals surface area contributed by atoms with Crippen molar-refractivity contribution in [3.05, 3.63) is 59.4 Å². The van der Waals surface area contributed by atoms with Gasteiger partial charge in [0.2, 0.25) is 0 Å². The van der Waals surface area contributed by atoms with Crippen molar-refractivity contribution in [3.63, 3.8) is 0 Å². The molecule has 2 aromatic carbocycles. The van der Waals surface area contributed by atoms with Gasteiger partial charge >= 0.3 is 0 Å². The Hall–Kier alpha value is -2.21. The number of ether oxygens (including phenoxy) is 1. The van der Waals surface area contributed by atoms with Crippen LogP contribution in [0.25, 0.3) is 22.1 Å². The quantitative estimate of drug-likeness (QED) is 0.667. The molecule has 4 nitrogen and oxygen atoms in total. The number of benzene rings is 2. The number of halogens is 1. The summed E-state index contributed by atoms with van der Waals surface area (Å²) in [6.07, 6.45) is 0. The maximum absolute atomic E-state index is 12.9. The molecule has 140 valence electrons. The molecule has 3 rings (SSSR count). The first-order chi connectivity index (χ1) is 12.7. The fourth-order valence-corrected chi connectivity index (χ4v) is 2.81. The van der Waals surface area contributed by atoms with Crippen molar-refractivity contribution in [3.8, 4) is 11.1 Å². The lowest BCUT2D eigenvalue weighted by Crippen LogP contribution is -2.11. The zero-order valence-electron chi connectivity index (χ0n) is 15.5. The summed E-state index contributed by atoms with van der Waals surface area (Å²) >= 11 is 0. The Morgan fingerprint density at radius 2 is 1.96 bits per heavy atom. The Balaban J connectivity index is 0.00000117. The molecule has 1 atom stereocenters. The first-order valence-electron chi connectivity index (χ1n) is 8.73. The molecule has 1 aromatic heterocycles. The van der Waals surface area contributed by atoms with Crippen LogP contribution in [0.3, 0.4) is 0 Å². The summed E-state index contributed by atoms with van der Waals surface area (Å²) in [6.45, 7) is 3.68. The maximum atomic E-state index is 12.9. The summed E-state index contributed by atoms with van der Waals surface area (Å²) in [5.41, 5.74) is 9.73. The van der Waals surface area contributed by atoms with Crippen LogP contribution in [0.1, 0.15) is 36.8 Å². The number of rotatable bonds is 6. The van der Waals surface area contributed by atoms with Crippen LogP contribution in [0.15, 0.2) is 46.9 Å². The van der Waals surface area contributed by atoms with Crippen LogP contribution in [-0.2, 0) is 18.0 Å². The average molecular weight is 359 g/mol. The molecular formula is C21H26FNO3. The number of hydrogen-bond acceptors (Lipinski definition) is 4. The predicted molar refractivity (Wildman–Crippen MR) is 103 cm³/mol. The molecule has 0 bridgehead atoms. The largest absolute Gasteiger partial charge is 0.458 e. The number of methoxy groups -OCH3 is 1. The molecular weight excluding hydrogens is 333 g/mol. The molecule has 0 saturated carbocycles. The van der Waals surface area contributed by atoms with Gasteiger partial charge in [-0.15, -0.1) is 0 Å². The topological polar surface area (TPSA) is 68.6 Å². The van der Waals surface area contributed by atoms with E-state index in [1.807, 2.05) is 50.2 Å². The number of alkyl halides is 1. The molecule has 0 fully saturated rings. The molecule has 3 N–H and O–H groups in total. The van der Waals surface area contributed by atoms with Gasteiger partial charge in [0.05, 0.1) is 12.6 Å². The van der Waals surface area contributed by atoms with Crippen molar-refractivity contribution in [2.24, 2.45) is 5.73 Å². The van der Waals surface area contributed by atoms with Gasteiger partial charge in [0.25, 0.3) is 0 Å². The summed E-state index contributed by atoms with van der Waals surface area (Å²) in [4.78, 5) is 0. The minimum absolute atomic E-state index is 0.0720. The highest BCUT2D eigenvalue weighted by Gasteiger charge is 2.14. The van der Waals surface area contributed by atoms with Crippen LogP contribution in [0, 0.1) is 0 Å². The zero-order valence-corrected chi connectivity index (χ0v) is 15.5. The van der Waals surface area contributed by atoms with Gasteiger partial charge in [-0.2, -0.15) is 0 Å². The first-order valence-corrected chi connectivity index (χ1v) is 8.73. The number of hydrogen-bond donors (Lipinski definition) is 2. The molecule has 0 radical (unpaired) electrons. The van der Waals surface area contributed by atoms with E-state index in [-0.39, 0.29) is 6.61 Å². The first kappa shape index (κ1) is 20.1. The summed E-state index contributed by atoms with van der Waals surface area (Å²) < 4.78 is 23.9. The summed E-state index contributed by atoms with van der Waals surface area (Å²) in [6, 6.07) is 12.4. The average Bonchev–Trinajstić information content (AvgIpc) is 3.10. The van der Waals surface area contributed by atoms with E-state index in [0.29, 0.717) is 18.0 Å². The molecule has 0 aliphatic heterocycles. The number of aliphatic hydroxyl groups is 1. The normalized spacial score (nSPS) is 11.9. The SMILES string of the molecule is CC.COCc1cc2cc(CO)cc(-c3cccc(C(N)CF)c3)c2o1. The lowest BCUT2D eigenvalue weighted by Gasteiger charge is -2.11. The Bertz CT molecular complexity index is 844. The van der Waals surface area contributed by atoms with E-state index in [1.165, 1.54) is 0 Å². The van der Waals surface area contributed by atoms with Crippen molar-refractivity contribution < 1.29 is 18.7 Å².